The molecule has 2 aliphatic carbocycles. The summed E-state index contributed by atoms with van der Waals surface area (Å²) < 4.78 is 0. The molecule has 0 N–H and O–H groups in total. The van der Waals surface area contributed by atoms with Gasteiger partial charge in [0.25, 0.3) is 0 Å². The lowest BCUT2D eigenvalue weighted by Gasteiger charge is -2.03. The van der Waals surface area contributed by atoms with E-state index in [0.29, 0.717) is 11.8 Å². The van der Waals surface area contributed by atoms with Gasteiger partial charge in [0.15, 0.2) is 0 Å². The Hall–Kier alpha value is -2.84. The van der Waals surface area contributed by atoms with Gasteiger partial charge in [-0.25, -0.2) is 0 Å². The highest BCUT2D eigenvalue weighted by Gasteiger charge is 2.23. The van der Waals surface area contributed by atoms with Crippen molar-refractivity contribution < 1.29 is 0 Å². The highest BCUT2D eigenvalue weighted by Crippen LogP contribution is 2.51. The largest absolute Gasteiger partial charge is 0.138 e. The summed E-state index contributed by atoms with van der Waals surface area (Å²) in [6.45, 7) is 9.29. The number of hydrogen-bond donors (Lipinski definition) is 0. The van der Waals surface area contributed by atoms with Crippen LogP contribution in [-0.4, -0.2) is 0 Å². The topological polar surface area (TPSA) is 0 Å². The average Bonchev–Trinajstić information content (AvgIpc) is 4.15. The summed E-state index contributed by atoms with van der Waals surface area (Å²) >= 11 is 12.3. The van der Waals surface area contributed by atoms with Crippen LogP contribution < -0.4 is 0 Å². The van der Waals surface area contributed by atoms with Crippen molar-refractivity contribution in [3.05, 3.63) is 129 Å². The molecule has 64 heavy (non-hydrogen) atoms. The van der Waals surface area contributed by atoms with E-state index in [1.165, 1.54) is 174 Å². The summed E-state index contributed by atoms with van der Waals surface area (Å²) in [5, 5.41) is 0. The maximum absolute atomic E-state index is 2.60. The van der Waals surface area contributed by atoms with Crippen molar-refractivity contribution in [2.24, 2.45) is 0 Å². The Morgan fingerprint density at radius 2 is 0.609 bits per heavy atom. The minimum atomic E-state index is 0.424. The molecule has 8 rings (SSSR count). The molecule has 0 unspecified atom stereocenters. The number of allylic oxidation sites excluding steroid dienone is 8. The van der Waals surface area contributed by atoms with Gasteiger partial charge in [0.1, 0.15) is 0 Å². The van der Waals surface area contributed by atoms with Gasteiger partial charge in [0.2, 0.25) is 0 Å². The third-order valence-corrected chi connectivity index (χ3v) is 21.0. The second kappa shape index (κ2) is 24.3. The normalized spacial score (nSPS) is 13.9. The van der Waals surface area contributed by atoms with Crippen molar-refractivity contribution >= 4 is 68.0 Å². The van der Waals surface area contributed by atoms with E-state index in [0.717, 1.165) is 12.8 Å². The van der Waals surface area contributed by atoms with Crippen LogP contribution >= 0.6 is 68.0 Å². The molecule has 0 aromatic carbocycles. The second-order valence-electron chi connectivity index (χ2n) is 18.1. The lowest BCUT2D eigenvalue weighted by atomic mass is 10.0. The molecule has 6 heteroatoms. The van der Waals surface area contributed by atoms with Crippen molar-refractivity contribution in [1.29, 1.82) is 0 Å². The minimum absolute atomic E-state index is 0.424. The van der Waals surface area contributed by atoms with E-state index in [-0.39, 0.29) is 0 Å². The van der Waals surface area contributed by atoms with E-state index in [9.17, 15) is 0 Å². The maximum atomic E-state index is 2.60. The molecule has 6 heterocycles. The molecule has 6 aromatic heterocycles. The van der Waals surface area contributed by atoms with Crippen LogP contribution in [0.15, 0.2) is 97.1 Å². The number of thiophene rings is 6. The standard InChI is InChI=1S/C58H70S6/c1-5-9-13-17-29-43-37-51(41-25-21-22-26-41)61-55(43)47-33-35-49(59-47)57-45(31-19-15-11-7-3)39-53(63-57)54-40-46(32-20-16-12-8-4)58(64-54)50-36-34-48(60-50)56-44(30-18-14-10-6-2)38-52(62-56)42-27-23-24-28-42/h21-28,33-42H,5-20,29-32H2,1-4H3. The van der Waals surface area contributed by atoms with Crippen LogP contribution in [0.3, 0.4) is 0 Å². The summed E-state index contributed by atoms with van der Waals surface area (Å²) in [6.07, 6.45) is 43.8. The third-order valence-electron chi connectivity index (χ3n) is 13.0. The van der Waals surface area contributed by atoms with Gasteiger partial charge in [-0.1, -0.05) is 153 Å². The highest BCUT2D eigenvalue weighted by atomic mass is 32.1. The minimum Gasteiger partial charge on any atom is -0.138 e. The van der Waals surface area contributed by atoms with Crippen molar-refractivity contribution in [2.45, 2.75) is 168 Å². The Kier molecular flexibility index (Phi) is 18.1. The van der Waals surface area contributed by atoms with Gasteiger partial charge in [0, 0.05) is 70.4 Å². The first-order valence-electron chi connectivity index (χ1n) is 25.0. The van der Waals surface area contributed by atoms with E-state index >= 15 is 0 Å². The first-order valence-corrected chi connectivity index (χ1v) is 29.9. The van der Waals surface area contributed by atoms with Crippen LogP contribution in [0.1, 0.15) is 174 Å². The van der Waals surface area contributed by atoms with Gasteiger partial charge < -0.3 is 0 Å². The summed E-state index contributed by atoms with van der Waals surface area (Å²) in [5.74, 6) is 0.849. The van der Waals surface area contributed by atoms with E-state index in [4.69, 9.17) is 0 Å². The molecule has 0 radical (unpaired) electrons. The number of rotatable bonds is 27. The van der Waals surface area contributed by atoms with Crippen LogP contribution in [-0.2, 0) is 25.7 Å². The fourth-order valence-corrected chi connectivity index (χ4v) is 16.9. The summed E-state index contributed by atoms with van der Waals surface area (Å²) in [4.78, 5) is 17.8. The highest BCUT2D eigenvalue weighted by molar-refractivity contribution is 7.30. The molecule has 0 bridgehead atoms. The first-order chi connectivity index (χ1) is 31.6. The molecule has 0 amide bonds. The van der Waals surface area contributed by atoms with E-state index in [1.54, 1.807) is 22.3 Å². The molecule has 338 valence electrons. The van der Waals surface area contributed by atoms with Crippen LogP contribution in [0.5, 0.6) is 0 Å². The zero-order valence-electron chi connectivity index (χ0n) is 39.0. The van der Waals surface area contributed by atoms with Crippen LogP contribution in [0.25, 0.3) is 48.8 Å². The van der Waals surface area contributed by atoms with Gasteiger partial charge in [-0.3, -0.25) is 0 Å². The quantitative estimate of drug-likeness (QED) is 0.0451. The van der Waals surface area contributed by atoms with Gasteiger partial charge >= 0.3 is 0 Å². The zero-order chi connectivity index (χ0) is 44.1. The van der Waals surface area contributed by atoms with Crippen molar-refractivity contribution in [3.8, 4) is 48.8 Å². The van der Waals surface area contributed by atoms with Crippen molar-refractivity contribution in [3.63, 3.8) is 0 Å². The molecule has 0 saturated heterocycles. The van der Waals surface area contributed by atoms with Crippen LogP contribution in [0.2, 0.25) is 0 Å². The summed E-state index contributed by atoms with van der Waals surface area (Å²) in [7, 11) is 0. The molecule has 6 aromatic rings. The van der Waals surface area contributed by atoms with Gasteiger partial charge in [-0.15, -0.1) is 68.0 Å². The van der Waals surface area contributed by atoms with Gasteiger partial charge in [-0.2, -0.15) is 0 Å². The predicted molar refractivity (Wildman–Crippen MR) is 294 cm³/mol. The predicted octanol–water partition coefficient (Wildman–Crippen LogP) is 21.3. The van der Waals surface area contributed by atoms with Crippen molar-refractivity contribution in [1.82, 2.24) is 0 Å². The number of unbranched alkanes of at least 4 members (excludes halogenated alkanes) is 12. The van der Waals surface area contributed by atoms with Gasteiger partial charge in [0.05, 0.1) is 0 Å². The molecule has 2 aliphatic rings. The fourth-order valence-electron chi connectivity index (χ4n) is 9.28. The van der Waals surface area contributed by atoms with Crippen LogP contribution in [0, 0.1) is 0 Å². The first kappa shape index (κ1) is 47.6. The molecule has 0 nitrogen and oxygen atoms in total. The zero-order valence-corrected chi connectivity index (χ0v) is 43.9. The SMILES string of the molecule is CCCCCCc1cc(-c2cc(CCCCCC)c(-c3ccc(-c4sc(C5C=CC=C5)cc4CCCCCC)s3)s2)sc1-c1ccc(-c2sc(C3C=CC=C3)cc2CCCCCC)s1. The Morgan fingerprint density at radius 3 is 0.922 bits per heavy atom. The number of aryl methyl sites for hydroxylation is 4. The maximum Gasteiger partial charge on any atom is 0.0481 e. The lowest BCUT2D eigenvalue weighted by molar-refractivity contribution is 0.668. The molecular formula is C58H70S6. The molecule has 0 aliphatic heterocycles. The third kappa shape index (κ3) is 12.0. The Bertz CT molecular complexity index is 2290. The average molecular weight is 960 g/mol. The molecule has 0 saturated carbocycles. The lowest BCUT2D eigenvalue weighted by Crippen LogP contribution is -1.86. The second-order valence-corrected chi connectivity index (χ2v) is 24.5. The fraction of sp³-hybridized carbons (Fsp3) is 0.448. The summed E-state index contributed by atoms with van der Waals surface area (Å²) in [5.41, 5.74) is 6.24. The number of hydrogen-bond acceptors (Lipinski definition) is 6. The van der Waals surface area contributed by atoms with E-state index in [2.05, 4.69) is 148 Å². The Morgan fingerprint density at radius 1 is 0.312 bits per heavy atom. The molecular weight excluding hydrogens is 889 g/mol. The van der Waals surface area contributed by atoms with Crippen molar-refractivity contribution in [2.75, 3.05) is 0 Å². The summed E-state index contributed by atoms with van der Waals surface area (Å²) in [6, 6.07) is 20.1. The van der Waals surface area contributed by atoms with Gasteiger partial charge in [-0.05, 0) is 122 Å². The molecule has 0 spiro atoms. The Labute approximate surface area is 410 Å². The van der Waals surface area contributed by atoms with E-state index in [1.807, 2.05) is 45.3 Å². The van der Waals surface area contributed by atoms with Crippen LogP contribution in [0.4, 0.5) is 0 Å². The van der Waals surface area contributed by atoms with E-state index < -0.39 is 0 Å². The molecule has 0 fully saturated rings. The monoisotopic (exact) mass is 958 g/mol. The smallest absolute Gasteiger partial charge is 0.0481 e. The molecule has 0 atom stereocenters. The Balaban J connectivity index is 1.12.